The number of carbonyl (C=O) groups is 1. The van der Waals surface area contributed by atoms with Crippen LogP contribution in [0.25, 0.3) is 10.8 Å². The van der Waals surface area contributed by atoms with Crippen molar-refractivity contribution in [2.45, 2.75) is 0 Å². The maximum Gasteiger partial charge on any atom is 0.352 e. The molecule has 0 unspecified atom stereocenters. The SMILES string of the molecule is C=CCN(CC=C)C(=O)c1c2ssnc-2oc1=O. The predicted molar refractivity (Wildman–Crippen MR) is 71.4 cm³/mol. The van der Waals surface area contributed by atoms with Gasteiger partial charge in [-0.1, -0.05) is 22.5 Å². The van der Waals surface area contributed by atoms with E-state index in [0.29, 0.717) is 18.0 Å². The summed E-state index contributed by atoms with van der Waals surface area (Å²) in [5.74, 6) is -0.148. The van der Waals surface area contributed by atoms with E-state index < -0.39 is 5.63 Å². The van der Waals surface area contributed by atoms with Crippen molar-refractivity contribution in [1.82, 2.24) is 9.27 Å². The van der Waals surface area contributed by atoms with E-state index >= 15 is 0 Å². The van der Waals surface area contributed by atoms with Gasteiger partial charge in [0.2, 0.25) is 0 Å². The van der Waals surface area contributed by atoms with Gasteiger partial charge in [-0.15, -0.1) is 17.5 Å². The molecule has 1 amide bonds. The second-order valence-electron chi connectivity index (χ2n) is 3.44. The topological polar surface area (TPSA) is 63.4 Å². The molecule has 94 valence electrons. The van der Waals surface area contributed by atoms with Gasteiger partial charge >= 0.3 is 5.63 Å². The molecule has 2 aliphatic heterocycles. The van der Waals surface area contributed by atoms with Gasteiger partial charge in [0.1, 0.15) is 10.4 Å². The molecule has 0 spiro atoms. The van der Waals surface area contributed by atoms with E-state index in [0.717, 1.165) is 0 Å². The van der Waals surface area contributed by atoms with Crippen molar-refractivity contribution in [1.29, 1.82) is 0 Å². The highest BCUT2D eigenvalue weighted by molar-refractivity contribution is 7.68. The molecule has 0 aromatic carbocycles. The lowest BCUT2D eigenvalue weighted by Gasteiger charge is -2.17. The molecule has 2 aliphatic rings. The van der Waals surface area contributed by atoms with Gasteiger partial charge in [-0.2, -0.15) is 0 Å². The van der Waals surface area contributed by atoms with Crippen molar-refractivity contribution in [3.05, 3.63) is 41.3 Å². The summed E-state index contributed by atoms with van der Waals surface area (Å²) in [4.78, 5) is 25.9. The average molecular weight is 282 g/mol. The minimum Gasteiger partial charge on any atom is -0.401 e. The van der Waals surface area contributed by atoms with Crippen LogP contribution in [-0.2, 0) is 0 Å². The fraction of sp³-hybridized carbons (Fsp3) is 0.182. The first-order valence-electron chi connectivity index (χ1n) is 5.08. The van der Waals surface area contributed by atoms with Crippen LogP contribution in [0.4, 0.5) is 0 Å². The minimum absolute atomic E-state index is 0.0486. The normalized spacial score (nSPS) is 10.4. The van der Waals surface area contributed by atoms with Crippen LogP contribution < -0.4 is 5.63 Å². The molecule has 7 heteroatoms. The summed E-state index contributed by atoms with van der Waals surface area (Å²) >= 11 is 0. The smallest absolute Gasteiger partial charge is 0.352 e. The first-order chi connectivity index (χ1) is 8.69. The third-order valence-corrected chi connectivity index (χ3v) is 4.06. The van der Waals surface area contributed by atoms with E-state index in [-0.39, 0.29) is 17.4 Å². The predicted octanol–water partition coefficient (Wildman–Crippen LogP) is 2.08. The molecule has 18 heavy (non-hydrogen) atoms. The summed E-state index contributed by atoms with van der Waals surface area (Å²) in [6.45, 7) is 7.86. The van der Waals surface area contributed by atoms with E-state index in [1.54, 1.807) is 12.2 Å². The van der Waals surface area contributed by atoms with Crippen LogP contribution >= 0.6 is 20.9 Å². The molecule has 5 nitrogen and oxygen atoms in total. The van der Waals surface area contributed by atoms with Gasteiger partial charge in [0.05, 0.1) is 0 Å². The second kappa shape index (κ2) is 5.28. The van der Waals surface area contributed by atoms with E-state index in [9.17, 15) is 9.59 Å². The highest BCUT2D eigenvalue weighted by Gasteiger charge is 2.29. The Labute approximate surface area is 111 Å². The van der Waals surface area contributed by atoms with E-state index in [1.807, 2.05) is 0 Å². The maximum atomic E-state index is 12.3. The number of rotatable bonds is 5. The Balaban J connectivity index is 2.40. The molecule has 0 aromatic rings. The monoisotopic (exact) mass is 282 g/mol. The Bertz CT molecular complexity index is 600. The first kappa shape index (κ1) is 12.7. The molecule has 0 aliphatic carbocycles. The second-order valence-corrected chi connectivity index (χ2v) is 5.29. The molecule has 0 atom stereocenters. The van der Waals surface area contributed by atoms with Crippen LogP contribution in [0, 0.1) is 0 Å². The standard InChI is InChI=1S/C11H10N2O3S2/c1-3-5-13(6-4-2)10(14)7-8-9(12-18-17-8)16-11(7)15/h3-4H,1-2,5-6H2. The van der Waals surface area contributed by atoms with Crippen molar-refractivity contribution in [2.75, 3.05) is 13.1 Å². The summed E-state index contributed by atoms with van der Waals surface area (Å²) < 4.78 is 8.84. The third kappa shape index (κ3) is 2.14. The molecule has 0 N–H and O–H groups in total. The van der Waals surface area contributed by atoms with E-state index in [1.165, 1.54) is 25.8 Å². The Kier molecular flexibility index (Phi) is 3.73. The van der Waals surface area contributed by atoms with Crippen molar-refractivity contribution >= 4 is 26.8 Å². The van der Waals surface area contributed by atoms with Gasteiger partial charge in [0.25, 0.3) is 11.8 Å². The van der Waals surface area contributed by atoms with Crippen molar-refractivity contribution in [3.63, 3.8) is 0 Å². The van der Waals surface area contributed by atoms with E-state index in [4.69, 9.17) is 4.42 Å². The van der Waals surface area contributed by atoms with Crippen LogP contribution in [-0.4, -0.2) is 28.3 Å². The quantitative estimate of drug-likeness (QED) is 0.622. The third-order valence-electron chi connectivity index (χ3n) is 2.26. The van der Waals surface area contributed by atoms with Gasteiger partial charge in [-0.3, -0.25) is 4.79 Å². The molecule has 0 saturated heterocycles. The summed E-state index contributed by atoms with van der Waals surface area (Å²) in [6.07, 6.45) is 3.19. The molecule has 0 saturated carbocycles. The fourth-order valence-corrected chi connectivity index (χ4v) is 3.29. The molecule has 0 fully saturated rings. The number of nitrogens with zero attached hydrogens (tertiary/aromatic N) is 2. The highest BCUT2D eigenvalue weighted by atomic mass is 32.9. The zero-order chi connectivity index (χ0) is 13.1. The minimum atomic E-state index is -0.639. The van der Waals surface area contributed by atoms with Crippen LogP contribution in [0.1, 0.15) is 10.4 Å². The summed E-state index contributed by atoms with van der Waals surface area (Å²) in [7, 11) is 2.44. The zero-order valence-electron chi connectivity index (χ0n) is 9.42. The number of amides is 1. The lowest BCUT2D eigenvalue weighted by molar-refractivity contribution is 0.0789. The number of furan rings is 1. The number of hydrogen-bond donors (Lipinski definition) is 0. The summed E-state index contributed by atoms with van der Waals surface area (Å²) in [5, 5.41) is 0. The molecule has 0 aromatic heterocycles. The van der Waals surface area contributed by atoms with Gasteiger partial charge in [0.15, 0.2) is 0 Å². The molecule has 0 radical (unpaired) electrons. The van der Waals surface area contributed by atoms with Gasteiger partial charge < -0.3 is 9.32 Å². The average Bonchev–Trinajstić information content (AvgIpc) is 2.87. The fourth-order valence-electron chi connectivity index (χ4n) is 1.51. The maximum absolute atomic E-state index is 12.3. The lowest BCUT2D eigenvalue weighted by atomic mass is 10.2. The molecule has 2 rings (SSSR count). The summed E-state index contributed by atoms with van der Waals surface area (Å²) in [6, 6.07) is 0. The lowest BCUT2D eigenvalue weighted by Crippen LogP contribution is -2.33. The van der Waals surface area contributed by atoms with Crippen LogP contribution in [0.2, 0.25) is 0 Å². The number of fused-ring (bicyclic) bond motifs is 1. The Morgan fingerprint density at radius 2 is 2.06 bits per heavy atom. The number of hydrogen-bond acceptors (Lipinski definition) is 6. The van der Waals surface area contributed by atoms with E-state index in [2.05, 4.69) is 17.5 Å². The first-order valence-corrected chi connectivity index (χ1v) is 7.19. The number of aromatic nitrogens is 1. The Morgan fingerprint density at radius 3 is 2.67 bits per heavy atom. The largest absolute Gasteiger partial charge is 0.401 e. The van der Waals surface area contributed by atoms with Crippen molar-refractivity contribution in [2.24, 2.45) is 0 Å². The zero-order valence-corrected chi connectivity index (χ0v) is 11.1. The molecule has 0 bridgehead atoms. The van der Waals surface area contributed by atoms with Gasteiger partial charge in [-0.25, -0.2) is 4.79 Å². The summed E-state index contributed by atoms with van der Waals surface area (Å²) in [5.41, 5.74) is -0.591. The van der Waals surface area contributed by atoms with Crippen LogP contribution in [0.15, 0.2) is 34.5 Å². The van der Waals surface area contributed by atoms with Gasteiger partial charge in [0, 0.05) is 23.6 Å². The highest BCUT2D eigenvalue weighted by Crippen LogP contribution is 2.31. The van der Waals surface area contributed by atoms with Crippen molar-refractivity contribution in [3.8, 4) is 10.8 Å². The molecular formula is C11H10N2O3S2. The van der Waals surface area contributed by atoms with Crippen LogP contribution in [0.5, 0.6) is 0 Å². The molecule has 2 heterocycles. The van der Waals surface area contributed by atoms with Crippen LogP contribution in [0.3, 0.4) is 0 Å². The Hall–Kier alpha value is -1.73. The number of carbonyl (C=O) groups excluding carboxylic acids is 1. The van der Waals surface area contributed by atoms with Gasteiger partial charge in [-0.05, 0) is 0 Å². The Morgan fingerprint density at radius 1 is 1.39 bits per heavy atom. The molecular weight excluding hydrogens is 272 g/mol. The van der Waals surface area contributed by atoms with Crippen molar-refractivity contribution < 1.29 is 9.21 Å².